The first-order valence-electron chi connectivity index (χ1n) is 22.0. The van der Waals surface area contributed by atoms with Gasteiger partial charge >= 0.3 is 89.5 Å². The summed E-state index contributed by atoms with van der Waals surface area (Å²) in [6.45, 7) is 1.55. The molecule has 0 aromatic heterocycles. The average molecular weight is 1260 g/mol. The SMILES string of the molecule is Cc1ccc(S(OS(=O)(=O)C2(F)C(F)(F)C(F)(F)C(F)(F)C(F)(F)C2(F)F)(c2ccccc2)c2ccccc2)cc1.O=S(=O)(OS(c1ccccc1)(c1ccccc1)c1ccccc1)C1(F)C(F)(F)C(F)(F)C(F)(F)C(F)(F)C1(F)F. The molecule has 0 unspecified atom stereocenters. The van der Waals surface area contributed by atoms with Crippen molar-refractivity contribution in [1.29, 1.82) is 0 Å². The fourth-order valence-corrected chi connectivity index (χ4v) is 19.6. The molecule has 442 valence electrons. The predicted octanol–water partition coefficient (Wildman–Crippen LogP) is 16.5. The number of alkyl halides is 22. The molecule has 32 heteroatoms. The van der Waals surface area contributed by atoms with Gasteiger partial charge in [0.05, 0.1) is 0 Å². The van der Waals surface area contributed by atoms with E-state index >= 15 is 8.78 Å². The summed E-state index contributed by atoms with van der Waals surface area (Å²) in [5.41, 5.74) is 0.514. The number of aryl methyl sites for hydroxylation is 1. The Morgan fingerprint density at radius 1 is 0.247 bits per heavy atom. The van der Waals surface area contributed by atoms with Gasteiger partial charge in [-0.2, -0.15) is 105 Å². The summed E-state index contributed by atoms with van der Waals surface area (Å²) < 4.78 is 381. The lowest BCUT2D eigenvalue weighted by molar-refractivity contribution is -0.470. The molecule has 6 nitrogen and oxygen atoms in total. The van der Waals surface area contributed by atoms with Crippen LogP contribution in [0.3, 0.4) is 0 Å². The number of hydrogen-bond acceptors (Lipinski definition) is 6. The fraction of sp³-hybridized carbons (Fsp3) is 0.265. The van der Waals surface area contributed by atoms with E-state index in [1.807, 2.05) is 0 Å². The maximum atomic E-state index is 15.9. The molecule has 0 atom stereocenters. The van der Waals surface area contributed by atoms with Gasteiger partial charge in [-0.25, -0.2) is 16.0 Å². The first-order chi connectivity index (χ1) is 36.9. The van der Waals surface area contributed by atoms with E-state index in [0.29, 0.717) is 5.56 Å². The fourth-order valence-electron chi connectivity index (χ4n) is 8.22. The summed E-state index contributed by atoms with van der Waals surface area (Å²) in [5.74, 6) is -76.2. The van der Waals surface area contributed by atoms with Gasteiger partial charge in [0.2, 0.25) is 0 Å². The Bertz CT molecular complexity index is 3280. The van der Waals surface area contributed by atoms with Gasteiger partial charge in [-0.05, 0) is 100 Å². The van der Waals surface area contributed by atoms with Crippen molar-refractivity contribution in [2.45, 2.75) is 106 Å². The van der Waals surface area contributed by atoms with Crippen LogP contribution in [0.4, 0.5) is 96.6 Å². The van der Waals surface area contributed by atoms with Crippen molar-refractivity contribution in [2.75, 3.05) is 0 Å². The minimum absolute atomic E-state index is 0.320. The minimum atomic E-state index is -7.73. The first kappa shape index (κ1) is 62.9. The van der Waals surface area contributed by atoms with Crippen molar-refractivity contribution >= 4 is 40.9 Å². The Labute approximate surface area is 447 Å². The molecule has 2 aliphatic rings. The summed E-state index contributed by atoms with van der Waals surface area (Å²) in [6, 6.07) is 35.0. The van der Waals surface area contributed by atoms with Crippen LogP contribution in [0.2, 0.25) is 0 Å². The summed E-state index contributed by atoms with van der Waals surface area (Å²) in [6.07, 6.45) is 0. The van der Waals surface area contributed by atoms with Crippen molar-refractivity contribution < 1.29 is 121 Å². The second-order valence-electron chi connectivity index (χ2n) is 17.5. The molecule has 2 aliphatic carbocycles. The third kappa shape index (κ3) is 8.15. The molecule has 0 spiro atoms. The molecule has 0 N–H and O–H groups in total. The first-order valence-corrected chi connectivity index (χ1v) is 27.9. The molecular weight excluding hydrogens is 1230 g/mol. The molecule has 6 aromatic rings. The summed E-state index contributed by atoms with van der Waals surface area (Å²) >= 11 is 0. The zero-order chi connectivity index (χ0) is 61.0. The van der Waals surface area contributed by atoms with Gasteiger partial charge in [-0.3, -0.25) is 0 Å². The number of hydrogen-bond donors (Lipinski definition) is 0. The van der Waals surface area contributed by atoms with Gasteiger partial charge in [0.1, 0.15) is 0 Å². The van der Waals surface area contributed by atoms with Crippen molar-refractivity contribution in [1.82, 2.24) is 0 Å². The van der Waals surface area contributed by atoms with E-state index in [-0.39, 0.29) is 29.4 Å². The molecule has 2 saturated carbocycles. The van der Waals surface area contributed by atoms with Crippen LogP contribution in [0, 0.1) is 6.92 Å². The Balaban J connectivity index is 0.000000234. The van der Waals surface area contributed by atoms with Gasteiger partial charge in [-0.1, -0.05) is 109 Å². The highest BCUT2D eigenvalue weighted by atomic mass is 32.3. The Morgan fingerprint density at radius 3 is 0.593 bits per heavy atom. The highest BCUT2D eigenvalue weighted by molar-refractivity contribution is 8.33. The van der Waals surface area contributed by atoms with Crippen LogP contribution < -0.4 is 0 Å². The summed E-state index contributed by atoms with van der Waals surface area (Å²) in [5, 5.41) is -14.8. The second kappa shape index (κ2) is 19.7. The molecular formula is C49H32F22O6S4. The van der Waals surface area contributed by atoms with E-state index < -0.39 is 110 Å². The third-order valence-electron chi connectivity index (χ3n) is 12.6. The van der Waals surface area contributed by atoms with Crippen LogP contribution in [-0.4, -0.2) is 86.1 Å². The Morgan fingerprint density at radius 2 is 0.407 bits per heavy atom. The van der Waals surface area contributed by atoms with Crippen molar-refractivity contribution in [3.8, 4) is 0 Å². The van der Waals surface area contributed by atoms with Crippen LogP contribution in [0.15, 0.2) is 205 Å². The van der Waals surface area contributed by atoms with Gasteiger partial charge in [-0.15, -0.1) is 0 Å². The van der Waals surface area contributed by atoms with E-state index in [2.05, 4.69) is 0 Å². The lowest BCUT2D eigenvalue weighted by Gasteiger charge is -2.52. The van der Waals surface area contributed by atoms with Crippen LogP contribution >= 0.6 is 20.6 Å². The number of rotatable bonds is 12. The molecule has 0 radical (unpaired) electrons. The van der Waals surface area contributed by atoms with Gasteiger partial charge in [0.15, 0.2) is 0 Å². The number of halogens is 22. The molecule has 81 heavy (non-hydrogen) atoms. The van der Waals surface area contributed by atoms with Crippen LogP contribution in [-0.2, 0) is 27.5 Å². The quantitative estimate of drug-likeness (QED) is 0.113. The smallest absolute Gasteiger partial charge is 0.209 e. The maximum absolute atomic E-state index is 15.9. The molecule has 0 aliphatic heterocycles. The molecule has 6 aromatic carbocycles. The Hall–Kier alpha value is -5.70. The lowest BCUT2D eigenvalue weighted by Crippen LogP contribution is -2.85. The third-order valence-corrected chi connectivity index (χ3v) is 23.7. The summed E-state index contributed by atoms with van der Waals surface area (Å²) in [7, 11) is -24.0. The largest absolute Gasteiger partial charge is 0.384 e. The van der Waals surface area contributed by atoms with Gasteiger partial charge in [0, 0.05) is 29.4 Å². The number of benzene rings is 6. The standard InChI is InChI=1S/C25H17F11O3S2.C24H15F11O3S2/c1-16-12-14-19(15-13-16)40(17-8-4-2-5-9-17,18-10-6-3-7-11-18)39-41(37,38)25(36)23(32,33)21(28,29)20(26,27)22(30,31)24(25,34)35;25-19(26)20(27,28)22(31,32)24(35,23(33,34)21(19,29)30)40(36,37)38-39(16-10-4-1-5-11-16,17-12-6-2-7-13-17)18-14-8-3-9-15-18/h2-15H,1H3;1-15H. The van der Waals surface area contributed by atoms with Crippen LogP contribution in [0.5, 0.6) is 0 Å². The molecule has 8 rings (SSSR count). The predicted molar refractivity (Wildman–Crippen MR) is 245 cm³/mol. The minimum Gasteiger partial charge on any atom is -0.209 e. The van der Waals surface area contributed by atoms with E-state index in [1.165, 1.54) is 103 Å². The van der Waals surface area contributed by atoms with Crippen LogP contribution in [0.1, 0.15) is 5.56 Å². The molecule has 0 heterocycles. The van der Waals surface area contributed by atoms with E-state index in [1.54, 1.807) is 6.92 Å². The molecule has 0 bridgehead atoms. The van der Waals surface area contributed by atoms with Crippen molar-refractivity contribution in [3.63, 3.8) is 0 Å². The zero-order valence-corrected chi connectivity index (χ0v) is 42.9. The Kier molecular flexibility index (Phi) is 15.3. The maximum Gasteiger partial charge on any atom is 0.384 e. The lowest BCUT2D eigenvalue weighted by atomic mass is 9.81. The topological polar surface area (TPSA) is 86.7 Å². The molecule has 2 fully saturated rings. The van der Waals surface area contributed by atoms with Crippen molar-refractivity contribution in [3.05, 3.63) is 181 Å². The highest BCUT2D eigenvalue weighted by Gasteiger charge is 3.06. The average Bonchev–Trinajstić information content (AvgIpc) is 1.17. The van der Waals surface area contributed by atoms with Gasteiger partial charge < -0.3 is 0 Å². The second-order valence-corrected chi connectivity index (χ2v) is 26.6. The normalized spacial score (nSPS) is 22.7. The summed E-state index contributed by atoms with van der Waals surface area (Å²) in [4.78, 5) is -1.95. The van der Waals surface area contributed by atoms with Gasteiger partial charge in [0.25, 0.3) is 0 Å². The van der Waals surface area contributed by atoms with E-state index in [0.717, 1.165) is 72.8 Å². The zero-order valence-electron chi connectivity index (χ0n) is 39.6. The molecule has 0 saturated heterocycles. The van der Waals surface area contributed by atoms with E-state index in [9.17, 15) is 105 Å². The highest BCUT2D eigenvalue weighted by Crippen LogP contribution is 2.78. The monoisotopic (exact) mass is 1260 g/mol. The van der Waals surface area contributed by atoms with Crippen LogP contribution in [0.25, 0.3) is 0 Å². The van der Waals surface area contributed by atoms with E-state index in [4.69, 9.17) is 7.26 Å². The van der Waals surface area contributed by atoms with Crippen molar-refractivity contribution in [2.24, 2.45) is 0 Å². The molecule has 0 amide bonds.